The van der Waals surface area contributed by atoms with Crippen molar-refractivity contribution >= 4 is 0 Å². The first-order valence-corrected chi connectivity index (χ1v) is 6.28. The molecule has 1 aromatic rings. The summed E-state index contributed by atoms with van der Waals surface area (Å²) >= 11 is 0. The van der Waals surface area contributed by atoms with Crippen LogP contribution in [0, 0.1) is 0 Å². The van der Waals surface area contributed by atoms with Gasteiger partial charge in [0.05, 0.1) is 19.3 Å². The molecular formula is C14H23N3O. The zero-order valence-corrected chi connectivity index (χ0v) is 11.8. The molecule has 0 aliphatic heterocycles. The van der Waals surface area contributed by atoms with Crippen molar-refractivity contribution in [3.05, 3.63) is 35.2 Å². The van der Waals surface area contributed by atoms with Gasteiger partial charge in [0.25, 0.3) is 0 Å². The highest BCUT2D eigenvalue weighted by Gasteiger charge is 1.98. The first-order chi connectivity index (χ1) is 8.61. The Morgan fingerprint density at radius 3 is 2.78 bits per heavy atom. The Morgan fingerprint density at radius 1 is 1.33 bits per heavy atom. The van der Waals surface area contributed by atoms with E-state index in [1.165, 1.54) is 11.1 Å². The minimum Gasteiger partial charge on any atom is -0.378 e. The fraction of sp³-hybridized carbons (Fsp3) is 0.571. The van der Waals surface area contributed by atoms with Crippen LogP contribution in [-0.4, -0.2) is 22.1 Å². The van der Waals surface area contributed by atoms with Gasteiger partial charge in [-0.05, 0) is 33.6 Å². The summed E-state index contributed by atoms with van der Waals surface area (Å²) in [5.74, 6) is 0. The van der Waals surface area contributed by atoms with Gasteiger partial charge in [-0.2, -0.15) is 0 Å². The molecule has 0 radical (unpaired) electrons. The van der Waals surface area contributed by atoms with Crippen molar-refractivity contribution in [3.63, 3.8) is 0 Å². The Labute approximate surface area is 109 Å². The van der Waals surface area contributed by atoms with Crippen molar-refractivity contribution in [1.82, 2.24) is 15.0 Å². The van der Waals surface area contributed by atoms with Crippen molar-refractivity contribution < 1.29 is 4.74 Å². The summed E-state index contributed by atoms with van der Waals surface area (Å²) in [7, 11) is 1.66. The van der Waals surface area contributed by atoms with Gasteiger partial charge in [-0.3, -0.25) is 0 Å². The SMILES string of the molecule is COCc1cn(C/C=C(/C)CCC=C(C)C)nn1. The molecule has 0 bridgehead atoms. The van der Waals surface area contributed by atoms with Crippen LogP contribution in [0.3, 0.4) is 0 Å². The lowest BCUT2D eigenvalue weighted by Crippen LogP contribution is -1.96. The Hall–Kier alpha value is -1.42. The number of hydrogen-bond donors (Lipinski definition) is 0. The summed E-state index contributed by atoms with van der Waals surface area (Å²) in [6.45, 7) is 7.71. The Bertz CT molecular complexity index is 414. The summed E-state index contributed by atoms with van der Waals surface area (Å²) < 4.78 is 6.84. The number of methoxy groups -OCH3 is 1. The zero-order chi connectivity index (χ0) is 13.4. The van der Waals surface area contributed by atoms with E-state index in [1.54, 1.807) is 7.11 Å². The van der Waals surface area contributed by atoms with Gasteiger partial charge in [-0.25, -0.2) is 4.68 Å². The van der Waals surface area contributed by atoms with Crippen LogP contribution in [0.15, 0.2) is 29.5 Å². The van der Waals surface area contributed by atoms with E-state index in [0.717, 1.165) is 25.1 Å². The number of aromatic nitrogens is 3. The molecule has 0 aliphatic carbocycles. The molecule has 0 unspecified atom stereocenters. The van der Waals surface area contributed by atoms with Gasteiger partial charge in [0.1, 0.15) is 5.69 Å². The second kappa shape index (κ2) is 7.82. The number of ether oxygens (including phenoxy) is 1. The summed E-state index contributed by atoms with van der Waals surface area (Å²) in [5, 5.41) is 8.06. The van der Waals surface area contributed by atoms with E-state index >= 15 is 0 Å². The minimum absolute atomic E-state index is 0.517. The predicted octanol–water partition coefficient (Wildman–Crippen LogP) is 3.12. The molecule has 0 saturated carbocycles. The minimum atomic E-state index is 0.517. The van der Waals surface area contributed by atoms with E-state index in [4.69, 9.17) is 4.74 Å². The summed E-state index contributed by atoms with van der Waals surface area (Å²) in [5.41, 5.74) is 3.63. The molecule has 0 N–H and O–H groups in total. The largest absolute Gasteiger partial charge is 0.378 e. The molecule has 1 heterocycles. The van der Waals surface area contributed by atoms with Gasteiger partial charge in [0.15, 0.2) is 0 Å². The van der Waals surface area contributed by atoms with E-state index in [2.05, 4.69) is 43.2 Å². The standard InChI is InChI=1S/C14H23N3O/c1-12(2)6-5-7-13(3)8-9-17-10-14(11-18-4)15-16-17/h6,8,10H,5,7,9,11H2,1-4H3/b13-8-. The topological polar surface area (TPSA) is 39.9 Å². The second-order valence-electron chi connectivity index (χ2n) is 4.74. The number of nitrogens with zero attached hydrogens (tertiary/aromatic N) is 3. The van der Waals surface area contributed by atoms with Crippen LogP contribution in [0.4, 0.5) is 0 Å². The first-order valence-electron chi connectivity index (χ1n) is 6.28. The highest BCUT2D eigenvalue weighted by atomic mass is 16.5. The highest BCUT2D eigenvalue weighted by molar-refractivity contribution is 5.02. The summed E-state index contributed by atoms with van der Waals surface area (Å²) in [6.07, 6.45) is 8.60. The second-order valence-corrected chi connectivity index (χ2v) is 4.74. The number of hydrogen-bond acceptors (Lipinski definition) is 3. The van der Waals surface area contributed by atoms with Gasteiger partial charge >= 0.3 is 0 Å². The van der Waals surface area contributed by atoms with Gasteiger partial charge < -0.3 is 4.74 Å². The van der Waals surface area contributed by atoms with Gasteiger partial charge in [0.2, 0.25) is 0 Å². The van der Waals surface area contributed by atoms with Crippen molar-refractivity contribution in [2.24, 2.45) is 0 Å². The average molecular weight is 249 g/mol. The van der Waals surface area contributed by atoms with E-state index in [9.17, 15) is 0 Å². The van der Waals surface area contributed by atoms with E-state index < -0.39 is 0 Å². The van der Waals surface area contributed by atoms with Crippen LogP contribution < -0.4 is 0 Å². The number of rotatable bonds is 7. The fourth-order valence-electron chi connectivity index (χ4n) is 1.58. The molecule has 0 atom stereocenters. The Balaban J connectivity index is 2.39. The lowest BCUT2D eigenvalue weighted by molar-refractivity contribution is 0.181. The van der Waals surface area contributed by atoms with E-state index in [0.29, 0.717) is 6.61 Å². The zero-order valence-electron chi connectivity index (χ0n) is 11.8. The third-order valence-corrected chi connectivity index (χ3v) is 2.60. The molecule has 4 heteroatoms. The molecule has 0 amide bonds. The van der Waals surface area contributed by atoms with Crippen molar-refractivity contribution in [2.75, 3.05) is 7.11 Å². The molecule has 18 heavy (non-hydrogen) atoms. The molecule has 0 spiro atoms. The van der Waals surface area contributed by atoms with Crippen LogP contribution in [0.25, 0.3) is 0 Å². The van der Waals surface area contributed by atoms with Gasteiger partial charge in [0, 0.05) is 7.11 Å². The molecular weight excluding hydrogens is 226 g/mol. The molecule has 0 aliphatic rings. The van der Waals surface area contributed by atoms with Crippen LogP contribution in [-0.2, 0) is 17.9 Å². The smallest absolute Gasteiger partial charge is 0.108 e. The molecule has 100 valence electrons. The third-order valence-electron chi connectivity index (χ3n) is 2.60. The molecule has 0 fully saturated rings. The van der Waals surface area contributed by atoms with Crippen molar-refractivity contribution in [2.45, 2.75) is 46.8 Å². The summed E-state index contributed by atoms with van der Waals surface area (Å²) in [4.78, 5) is 0. The quantitative estimate of drug-likeness (QED) is 0.697. The van der Waals surface area contributed by atoms with Gasteiger partial charge in [-0.1, -0.05) is 28.5 Å². The third kappa shape index (κ3) is 5.77. The molecule has 0 saturated heterocycles. The predicted molar refractivity (Wildman–Crippen MR) is 73.2 cm³/mol. The van der Waals surface area contributed by atoms with Gasteiger partial charge in [-0.15, -0.1) is 5.10 Å². The highest BCUT2D eigenvalue weighted by Crippen LogP contribution is 2.07. The lowest BCUT2D eigenvalue weighted by atomic mass is 10.1. The van der Waals surface area contributed by atoms with Crippen molar-refractivity contribution in [1.29, 1.82) is 0 Å². The molecule has 0 aromatic carbocycles. The first kappa shape index (κ1) is 14.6. The van der Waals surface area contributed by atoms with E-state index in [-0.39, 0.29) is 0 Å². The average Bonchev–Trinajstić information content (AvgIpc) is 2.74. The monoisotopic (exact) mass is 249 g/mol. The molecule has 4 nitrogen and oxygen atoms in total. The van der Waals surface area contributed by atoms with Crippen LogP contribution in [0.5, 0.6) is 0 Å². The maximum absolute atomic E-state index is 5.00. The van der Waals surface area contributed by atoms with Crippen LogP contribution >= 0.6 is 0 Å². The lowest BCUT2D eigenvalue weighted by Gasteiger charge is -1.99. The summed E-state index contributed by atoms with van der Waals surface area (Å²) in [6, 6.07) is 0. The maximum Gasteiger partial charge on any atom is 0.108 e. The van der Waals surface area contributed by atoms with E-state index in [1.807, 2.05) is 10.9 Å². The Kier molecular flexibility index (Phi) is 6.36. The van der Waals surface area contributed by atoms with Crippen molar-refractivity contribution in [3.8, 4) is 0 Å². The maximum atomic E-state index is 5.00. The molecule has 1 aromatic heterocycles. The number of allylic oxidation sites excluding steroid dienone is 4. The fourth-order valence-corrected chi connectivity index (χ4v) is 1.58. The molecule has 1 rings (SSSR count). The van der Waals surface area contributed by atoms with Crippen LogP contribution in [0.2, 0.25) is 0 Å². The normalized spacial score (nSPS) is 11.7. The van der Waals surface area contributed by atoms with Crippen LogP contribution in [0.1, 0.15) is 39.3 Å². The Morgan fingerprint density at radius 2 is 2.11 bits per heavy atom.